The quantitative estimate of drug-likeness (QED) is 0.441. The van der Waals surface area contributed by atoms with Gasteiger partial charge in [-0.3, -0.25) is 19.5 Å². The molecule has 1 atom stereocenters. The van der Waals surface area contributed by atoms with Crippen LogP contribution in [0.3, 0.4) is 0 Å². The molecular formula is C26H28N6O3. The minimum absolute atomic E-state index is 0.126. The lowest BCUT2D eigenvalue weighted by Crippen LogP contribution is -2.42. The molecule has 0 radical (unpaired) electrons. The summed E-state index contributed by atoms with van der Waals surface area (Å²) in [7, 11) is 1.69. The van der Waals surface area contributed by atoms with Gasteiger partial charge in [-0.1, -0.05) is 24.3 Å². The topological polar surface area (TPSA) is 105 Å². The lowest BCUT2D eigenvalue weighted by atomic mass is 10.00. The van der Waals surface area contributed by atoms with Gasteiger partial charge in [-0.2, -0.15) is 0 Å². The van der Waals surface area contributed by atoms with Crippen LogP contribution in [0.15, 0.2) is 59.8 Å². The highest BCUT2D eigenvalue weighted by Gasteiger charge is 2.21. The number of amides is 1. The minimum atomic E-state index is -0.685. The maximum atomic E-state index is 12.9. The summed E-state index contributed by atoms with van der Waals surface area (Å²) in [4.78, 5) is 35.9. The minimum Gasteiger partial charge on any atom is -0.390 e. The van der Waals surface area contributed by atoms with E-state index in [1.165, 1.54) is 21.8 Å². The third-order valence-corrected chi connectivity index (χ3v) is 6.54. The van der Waals surface area contributed by atoms with Gasteiger partial charge in [0, 0.05) is 57.3 Å². The van der Waals surface area contributed by atoms with Gasteiger partial charge in [0.15, 0.2) is 5.65 Å². The van der Waals surface area contributed by atoms with E-state index in [0.717, 1.165) is 19.5 Å². The number of hydrogen-bond donors (Lipinski definition) is 2. The summed E-state index contributed by atoms with van der Waals surface area (Å²) < 4.78 is 3.28. The van der Waals surface area contributed by atoms with Crippen molar-refractivity contribution in [3.63, 3.8) is 0 Å². The van der Waals surface area contributed by atoms with E-state index in [2.05, 4.69) is 38.4 Å². The number of rotatable bonds is 6. The molecule has 2 N–H and O–H groups in total. The molecule has 4 heterocycles. The maximum absolute atomic E-state index is 12.9. The Morgan fingerprint density at radius 2 is 2.03 bits per heavy atom. The summed E-state index contributed by atoms with van der Waals surface area (Å²) >= 11 is 0. The monoisotopic (exact) mass is 472 g/mol. The van der Waals surface area contributed by atoms with E-state index in [4.69, 9.17) is 0 Å². The number of nitrogens with zero attached hydrogens (tertiary/aromatic N) is 5. The van der Waals surface area contributed by atoms with Crippen molar-refractivity contribution in [1.29, 1.82) is 0 Å². The Bertz CT molecular complexity index is 1460. The largest absolute Gasteiger partial charge is 0.390 e. The summed E-state index contributed by atoms with van der Waals surface area (Å²) in [5.41, 5.74) is 5.31. The predicted molar refractivity (Wildman–Crippen MR) is 132 cm³/mol. The summed E-state index contributed by atoms with van der Waals surface area (Å²) in [6.07, 6.45) is 5.32. The Morgan fingerprint density at radius 3 is 2.83 bits per heavy atom. The molecule has 0 spiro atoms. The Balaban J connectivity index is 1.24. The van der Waals surface area contributed by atoms with E-state index in [9.17, 15) is 14.7 Å². The van der Waals surface area contributed by atoms with Gasteiger partial charge in [0.25, 0.3) is 11.5 Å². The number of imidazole rings is 1. The molecule has 1 amide bonds. The highest BCUT2D eigenvalue weighted by Crippen LogP contribution is 2.19. The van der Waals surface area contributed by atoms with E-state index < -0.39 is 6.10 Å². The number of aryl methyl sites for hydroxylation is 2. The lowest BCUT2D eigenvalue weighted by molar-refractivity contribution is 0.0838. The number of carbonyl (C=O) groups excluding carboxylic acids is 1. The molecule has 3 aromatic heterocycles. The first-order valence-corrected chi connectivity index (χ1v) is 11.7. The number of nitrogens with one attached hydrogen (secondary N) is 1. The van der Waals surface area contributed by atoms with E-state index in [1.807, 2.05) is 19.1 Å². The second-order valence-electron chi connectivity index (χ2n) is 9.03. The number of benzene rings is 1. The van der Waals surface area contributed by atoms with Gasteiger partial charge in [0.05, 0.1) is 23.7 Å². The van der Waals surface area contributed by atoms with Crippen LogP contribution in [0.4, 0.5) is 0 Å². The number of aliphatic hydroxyl groups is 1. The molecule has 0 saturated carbocycles. The van der Waals surface area contributed by atoms with Crippen molar-refractivity contribution in [3.8, 4) is 11.3 Å². The van der Waals surface area contributed by atoms with Gasteiger partial charge in [0.1, 0.15) is 5.69 Å². The summed E-state index contributed by atoms with van der Waals surface area (Å²) in [6.45, 7) is 4.12. The number of pyridine rings is 1. The van der Waals surface area contributed by atoms with Crippen LogP contribution >= 0.6 is 0 Å². The summed E-state index contributed by atoms with van der Waals surface area (Å²) in [6, 6.07) is 11.7. The summed E-state index contributed by atoms with van der Waals surface area (Å²) in [5, 5.41) is 13.4. The van der Waals surface area contributed by atoms with E-state index in [1.54, 1.807) is 30.0 Å². The first-order valence-electron chi connectivity index (χ1n) is 11.7. The van der Waals surface area contributed by atoms with Crippen LogP contribution in [0.2, 0.25) is 0 Å². The van der Waals surface area contributed by atoms with Crippen molar-refractivity contribution < 1.29 is 9.90 Å². The van der Waals surface area contributed by atoms with Crippen LogP contribution in [0.5, 0.6) is 0 Å². The zero-order valence-corrected chi connectivity index (χ0v) is 19.8. The van der Waals surface area contributed by atoms with Crippen LogP contribution < -0.4 is 10.9 Å². The van der Waals surface area contributed by atoms with Crippen LogP contribution in [0.1, 0.15) is 27.3 Å². The first-order chi connectivity index (χ1) is 16.9. The summed E-state index contributed by atoms with van der Waals surface area (Å²) in [5.74, 6) is -0.343. The number of aliphatic hydroxyl groups excluding tert-OH is 1. The van der Waals surface area contributed by atoms with Crippen molar-refractivity contribution in [3.05, 3.63) is 87.9 Å². The number of fused-ring (bicyclic) bond motifs is 2. The average Bonchev–Trinajstić information content (AvgIpc) is 3.20. The highest BCUT2D eigenvalue weighted by atomic mass is 16.3. The van der Waals surface area contributed by atoms with Crippen molar-refractivity contribution in [2.45, 2.75) is 26.0 Å². The first kappa shape index (κ1) is 22.9. The maximum Gasteiger partial charge on any atom is 0.271 e. The van der Waals surface area contributed by atoms with E-state index in [0.29, 0.717) is 29.1 Å². The molecule has 35 heavy (non-hydrogen) atoms. The van der Waals surface area contributed by atoms with Crippen molar-refractivity contribution >= 4 is 11.6 Å². The fourth-order valence-electron chi connectivity index (χ4n) is 4.51. The fraction of sp³-hybridized carbons (Fsp3) is 0.308. The smallest absolute Gasteiger partial charge is 0.271 e. The normalized spacial score (nSPS) is 14.6. The molecule has 1 aliphatic heterocycles. The molecule has 9 heteroatoms. The molecule has 1 unspecified atom stereocenters. The third-order valence-electron chi connectivity index (χ3n) is 6.54. The molecule has 180 valence electrons. The average molecular weight is 473 g/mol. The molecule has 0 bridgehead atoms. The van der Waals surface area contributed by atoms with Crippen molar-refractivity contribution in [1.82, 2.24) is 29.2 Å². The number of β-amino-alcohol motifs (C(OH)–C–C–N with tert-alkyl or cyclic N) is 1. The van der Waals surface area contributed by atoms with Crippen LogP contribution in [-0.2, 0) is 20.0 Å². The second-order valence-corrected chi connectivity index (χ2v) is 9.03. The van der Waals surface area contributed by atoms with Gasteiger partial charge >= 0.3 is 0 Å². The third kappa shape index (κ3) is 4.73. The molecule has 5 rings (SSSR count). The van der Waals surface area contributed by atoms with Crippen LogP contribution in [0.25, 0.3) is 16.9 Å². The van der Waals surface area contributed by atoms with E-state index in [-0.39, 0.29) is 23.7 Å². The zero-order chi connectivity index (χ0) is 24.5. The second kappa shape index (κ2) is 9.44. The fourth-order valence-corrected chi connectivity index (χ4v) is 4.51. The SMILES string of the molecule is Cc1c(C(=O)NCC(O)CN2CCc3ccccc3C2)nc2cnc(-c3ccn(C)c(=O)c3)cn12. The highest BCUT2D eigenvalue weighted by molar-refractivity contribution is 5.94. The molecule has 1 aromatic carbocycles. The molecule has 0 aliphatic carbocycles. The Kier molecular flexibility index (Phi) is 6.19. The van der Waals surface area contributed by atoms with Gasteiger partial charge in [0.2, 0.25) is 0 Å². The Hall–Kier alpha value is -3.82. The van der Waals surface area contributed by atoms with Gasteiger partial charge in [-0.05, 0) is 30.5 Å². The number of carbonyl (C=O) groups is 1. The zero-order valence-electron chi connectivity index (χ0n) is 19.8. The molecule has 0 saturated heterocycles. The molecule has 9 nitrogen and oxygen atoms in total. The predicted octanol–water partition coefficient (Wildman–Crippen LogP) is 1.55. The molecule has 1 aliphatic rings. The number of hydrogen-bond acceptors (Lipinski definition) is 6. The van der Waals surface area contributed by atoms with Crippen LogP contribution in [-0.4, -0.2) is 60.6 Å². The molecular weight excluding hydrogens is 444 g/mol. The molecule has 0 fully saturated rings. The van der Waals surface area contributed by atoms with Crippen LogP contribution in [0, 0.1) is 6.92 Å². The van der Waals surface area contributed by atoms with Gasteiger partial charge in [-0.25, -0.2) is 4.98 Å². The standard InChI is InChI=1S/C26H28N6O3/c1-17-25(29-23-13-27-22(16-32(17)23)19-7-9-30(2)24(34)11-19)26(35)28-12-21(33)15-31-10-8-18-5-3-4-6-20(18)14-31/h3-7,9,11,13,16,21,33H,8,10,12,14-15H2,1-2H3,(H,28,35). The van der Waals surface area contributed by atoms with Gasteiger partial charge < -0.3 is 19.4 Å². The Morgan fingerprint density at radius 1 is 1.23 bits per heavy atom. The lowest BCUT2D eigenvalue weighted by Gasteiger charge is -2.30. The van der Waals surface area contributed by atoms with E-state index >= 15 is 0 Å². The molecule has 4 aromatic rings. The van der Waals surface area contributed by atoms with Crippen molar-refractivity contribution in [2.75, 3.05) is 19.6 Å². The van der Waals surface area contributed by atoms with Crippen molar-refractivity contribution in [2.24, 2.45) is 7.05 Å². The number of aromatic nitrogens is 4. The van der Waals surface area contributed by atoms with Gasteiger partial charge in [-0.15, -0.1) is 0 Å². The Labute approximate surface area is 202 Å².